The number of hydrogen-bond acceptors (Lipinski definition) is 10. The van der Waals surface area contributed by atoms with Crippen molar-refractivity contribution in [2.24, 2.45) is 5.92 Å². The smallest absolute Gasteiger partial charge is 0.317 e. The van der Waals surface area contributed by atoms with Gasteiger partial charge in [0.25, 0.3) is 0 Å². The first kappa shape index (κ1) is 36.1. The van der Waals surface area contributed by atoms with Gasteiger partial charge >= 0.3 is 17.9 Å². The molecular weight excluding hydrogens is 564 g/mol. The lowest BCUT2D eigenvalue weighted by Crippen LogP contribution is -2.52. The number of carboxylic acid groups (broad SMARTS) is 3. The Hall–Kier alpha value is -3.14. The fraction of sp³-hybridized carbons (Fsp3) is 0.786. The molecule has 0 aromatic rings. The number of amides is 2. The number of carbonyl (C=O) groups is 6. The van der Waals surface area contributed by atoms with Crippen LogP contribution in [0.5, 0.6) is 0 Å². The summed E-state index contributed by atoms with van der Waals surface area (Å²) in [4.78, 5) is 80.4. The molecule has 15 nitrogen and oxygen atoms in total. The number of likely N-dealkylation sites (tertiary alicyclic amines) is 1. The average molecular weight is 613 g/mol. The number of aliphatic carboxylic acids is 3. The third-order valence-electron chi connectivity index (χ3n) is 7.82. The highest BCUT2D eigenvalue weighted by Crippen LogP contribution is 2.12. The molecule has 0 unspecified atom stereocenters. The molecule has 0 aliphatic carbocycles. The number of nitrogens with zero attached hydrogens (tertiary/aromatic N) is 5. The van der Waals surface area contributed by atoms with Gasteiger partial charge < -0.3 is 25.5 Å². The highest BCUT2D eigenvalue weighted by molar-refractivity contribution is 5.86. The molecule has 2 aliphatic rings. The monoisotopic (exact) mass is 612 g/mol. The van der Waals surface area contributed by atoms with E-state index in [1.165, 1.54) is 0 Å². The van der Waals surface area contributed by atoms with Gasteiger partial charge in [-0.1, -0.05) is 13.8 Å². The van der Waals surface area contributed by atoms with Crippen LogP contribution >= 0.6 is 0 Å². The third kappa shape index (κ3) is 14.7. The second-order valence-electron chi connectivity index (χ2n) is 11.6. The molecule has 0 radical (unpaired) electrons. The summed E-state index contributed by atoms with van der Waals surface area (Å²) < 4.78 is 0. The first-order valence-corrected chi connectivity index (χ1v) is 15.0. The Morgan fingerprint density at radius 3 is 1.33 bits per heavy atom. The minimum atomic E-state index is -1.02. The molecule has 2 rings (SSSR count). The van der Waals surface area contributed by atoms with Crippen LogP contribution in [0.1, 0.15) is 39.5 Å². The van der Waals surface area contributed by atoms with E-state index in [9.17, 15) is 44.1 Å². The van der Waals surface area contributed by atoms with Gasteiger partial charge in [-0.3, -0.25) is 48.4 Å². The fourth-order valence-electron chi connectivity index (χ4n) is 5.17. The Morgan fingerprint density at radius 2 is 0.977 bits per heavy atom. The maximum atomic E-state index is 13.3. The molecule has 244 valence electrons. The molecule has 2 amide bonds. The van der Waals surface area contributed by atoms with Crippen LogP contribution in [0.2, 0.25) is 0 Å². The molecule has 0 aromatic heterocycles. The van der Waals surface area contributed by atoms with Gasteiger partial charge in [-0.2, -0.15) is 0 Å². The quantitative estimate of drug-likeness (QED) is 0.190. The molecule has 4 N–H and O–H groups in total. The zero-order chi connectivity index (χ0) is 31.9. The second-order valence-corrected chi connectivity index (χ2v) is 11.6. The van der Waals surface area contributed by atoms with Crippen molar-refractivity contribution in [1.82, 2.24) is 29.8 Å². The molecule has 15 heteroatoms. The molecule has 2 aliphatic heterocycles. The predicted molar refractivity (Wildman–Crippen MR) is 155 cm³/mol. The van der Waals surface area contributed by atoms with Crippen molar-refractivity contribution in [3.63, 3.8) is 0 Å². The maximum Gasteiger partial charge on any atom is 0.317 e. The highest BCUT2D eigenvalue weighted by atomic mass is 16.4. The zero-order valence-electron chi connectivity index (χ0n) is 25.4. The largest absolute Gasteiger partial charge is 0.480 e. The summed E-state index contributed by atoms with van der Waals surface area (Å²) in [5.74, 6) is -3.34. The van der Waals surface area contributed by atoms with Crippen molar-refractivity contribution < 1.29 is 44.1 Å². The summed E-state index contributed by atoms with van der Waals surface area (Å²) in [6.07, 6.45) is 1.56. The maximum absolute atomic E-state index is 13.3. The van der Waals surface area contributed by atoms with E-state index in [0.717, 1.165) is 0 Å². The number of carbonyl (C=O) groups excluding carboxylic acids is 3. The molecule has 0 atom stereocenters. The summed E-state index contributed by atoms with van der Waals surface area (Å²) >= 11 is 0. The van der Waals surface area contributed by atoms with Crippen molar-refractivity contribution >= 4 is 35.5 Å². The van der Waals surface area contributed by atoms with E-state index in [1.807, 2.05) is 4.90 Å². The first-order valence-electron chi connectivity index (χ1n) is 15.0. The van der Waals surface area contributed by atoms with Gasteiger partial charge in [0.1, 0.15) is 5.78 Å². The number of nitrogens with one attached hydrogen (secondary N) is 1. The summed E-state index contributed by atoms with van der Waals surface area (Å²) in [6.45, 7) is 6.62. The van der Waals surface area contributed by atoms with Crippen LogP contribution in [0.3, 0.4) is 0 Å². The number of carboxylic acids is 3. The van der Waals surface area contributed by atoms with E-state index in [1.54, 1.807) is 33.4 Å². The van der Waals surface area contributed by atoms with Crippen molar-refractivity contribution in [3.05, 3.63) is 0 Å². The third-order valence-corrected chi connectivity index (χ3v) is 7.82. The van der Waals surface area contributed by atoms with Gasteiger partial charge in [-0.15, -0.1) is 0 Å². The van der Waals surface area contributed by atoms with E-state index in [4.69, 9.17) is 0 Å². The molecule has 0 aromatic carbocycles. The van der Waals surface area contributed by atoms with Gasteiger partial charge in [0.05, 0.1) is 26.2 Å². The molecule has 2 heterocycles. The minimum Gasteiger partial charge on any atom is -0.480 e. The lowest BCUT2D eigenvalue weighted by Gasteiger charge is -2.35. The van der Waals surface area contributed by atoms with Crippen LogP contribution < -0.4 is 5.32 Å². The molecule has 0 saturated carbocycles. The van der Waals surface area contributed by atoms with E-state index in [0.29, 0.717) is 78.3 Å². The van der Waals surface area contributed by atoms with Crippen molar-refractivity contribution in [2.75, 3.05) is 91.6 Å². The number of rotatable bonds is 13. The summed E-state index contributed by atoms with van der Waals surface area (Å²) in [5, 5.41) is 31.0. The second kappa shape index (κ2) is 18.5. The van der Waals surface area contributed by atoms with E-state index < -0.39 is 17.9 Å². The molecule has 43 heavy (non-hydrogen) atoms. The standard InChI is InChI=1S/C28H48N6O9/c1-21(2)23(35)3-4-24(36)29-22-5-7-34(8-6-22)25(37)17-30-9-11-31(18-26(38)39)13-15-33(20-28(42)43)16-14-32(12-10-30)19-27(40)41/h21-22H,3-20H2,1-2H3,(H,29,36)(H,38,39)(H,40,41)(H,42,43). The topological polar surface area (TPSA) is 191 Å². The zero-order valence-corrected chi connectivity index (χ0v) is 25.4. The Labute approximate surface area is 252 Å². The van der Waals surface area contributed by atoms with Gasteiger partial charge in [-0.05, 0) is 12.8 Å². The molecule has 0 spiro atoms. The normalized spacial score (nSPS) is 19.4. The first-order chi connectivity index (χ1) is 20.3. The number of hydrogen-bond donors (Lipinski definition) is 4. The van der Waals surface area contributed by atoms with Crippen molar-refractivity contribution in [2.45, 2.75) is 45.6 Å². The molecule has 2 fully saturated rings. The average Bonchev–Trinajstić information content (AvgIpc) is 2.92. The minimum absolute atomic E-state index is 0.0506. The summed E-state index contributed by atoms with van der Waals surface area (Å²) in [6, 6.07) is -0.0674. The van der Waals surface area contributed by atoms with Crippen LogP contribution in [0.25, 0.3) is 0 Å². The van der Waals surface area contributed by atoms with E-state index >= 15 is 0 Å². The van der Waals surface area contributed by atoms with E-state index in [2.05, 4.69) is 5.32 Å². The van der Waals surface area contributed by atoms with Crippen LogP contribution in [0.4, 0.5) is 0 Å². The fourth-order valence-corrected chi connectivity index (χ4v) is 5.17. The Bertz CT molecular complexity index is 938. The number of piperidine rings is 1. The lowest BCUT2D eigenvalue weighted by atomic mass is 10.0. The van der Waals surface area contributed by atoms with Gasteiger partial charge in [0.2, 0.25) is 11.8 Å². The van der Waals surface area contributed by atoms with Gasteiger partial charge in [0, 0.05) is 90.2 Å². The Balaban J connectivity index is 1.98. The molecular formula is C28H48N6O9. The van der Waals surface area contributed by atoms with Crippen molar-refractivity contribution in [1.29, 1.82) is 0 Å². The number of ketones is 1. The van der Waals surface area contributed by atoms with Gasteiger partial charge in [0.15, 0.2) is 0 Å². The van der Waals surface area contributed by atoms with Crippen molar-refractivity contribution in [3.8, 4) is 0 Å². The summed E-state index contributed by atoms with van der Waals surface area (Å²) in [7, 11) is 0. The van der Waals surface area contributed by atoms with Crippen LogP contribution in [0.15, 0.2) is 0 Å². The summed E-state index contributed by atoms with van der Waals surface area (Å²) in [5.41, 5.74) is 0. The molecule has 0 bridgehead atoms. The molecule has 2 saturated heterocycles. The Kier molecular flexibility index (Phi) is 15.5. The SMILES string of the molecule is CC(C)C(=O)CCC(=O)NC1CCN(C(=O)CN2CCN(CC(=O)O)CCN(CC(=O)O)CCN(CC(=O)O)CC2)CC1. The predicted octanol–water partition coefficient (Wildman–Crippen LogP) is -1.43. The van der Waals surface area contributed by atoms with Crippen LogP contribution in [-0.2, 0) is 28.8 Å². The van der Waals surface area contributed by atoms with Crippen LogP contribution in [0, 0.1) is 5.92 Å². The number of Topliss-reactive ketones (excluding diaryl/α,β-unsaturated/α-hetero) is 1. The van der Waals surface area contributed by atoms with Gasteiger partial charge in [-0.25, -0.2) is 0 Å². The Morgan fingerprint density at radius 1 is 0.605 bits per heavy atom. The van der Waals surface area contributed by atoms with E-state index in [-0.39, 0.29) is 68.6 Å². The lowest BCUT2D eigenvalue weighted by molar-refractivity contribution is -0.141. The highest BCUT2D eigenvalue weighted by Gasteiger charge is 2.26. The van der Waals surface area contributed by atoms with Crippen LogP contribution in [-0.4, -0.2) is 173 Å².